The van der Waals surface area contributed by atoms with Crippen molar-refractivity contribution in [2.75, 3.05) is 26.3 Å². The van der Waals surface area contributed by atoms with E-state index in [1.54, 1.807) is 30.3 Å². The molecule has 0 radical (unpaired) electrons. The molecule has 3 rings (SSSR count). The van der Waals surface area contributed by atoms with Crippen LogP contribution >= 0.6 is 12.2 Å². The number of sulfonamides is 1. The highest BCUT2D eigenvalue weighted by Gasteiger charge is 2.26. The van der Waals surface area contributed by atoms with Gasteiger partial charge in [0.25, 0.3) is 0 Å². The Morgan fingerprint density at radius 1 is 1.19 bits per heavy atom. The maximum absolute atomic E-state index is 12.5. The molecule has 1 saturated carbocycles. The second-order valence-corrected chi connectivity index (χ2v) is 8.50. The lowest BCUT2D eigenvalue weighted by molar-refractivity contribution is -0.115. The van der Waals surface area contributed by atoms with Gasteiger partial charge in [0.1, 0.15) is 0 Å². The fourth-order valence-electron chi connectivity index (χ4n) is 2.46. The van der Waals surface area contributed by atoms with Gasteiger partial charge in [0, 0.05) is 25.2 Å². The number of nitrogens with one attached hydrogen (secondary N) is 2. The molecule has 2 fully saturated rings. The highest BCUT2D eigenvalue weighted by atomic mass is 32.2. The fraction of sp³-hybridized carbons (Fsp3) is 0.412. The zero-order valence-electron chi connectivity index (χ0n) is 14.2. The number of carbonyl (C=O) groups excluding carboxylic acids is 1. The maximum atomic E-state index is 12.5. The minimum atomic E-state index is -3.51. The molecular weight excluding hydrogens is 374 g/mol. The Morgan fingerprint density at radius 3 is 2.46 bits per heavy atom. The molecule has 140 valence electrons. The highest BCUT2D eigenvalue weighted by Crippen LogP contribution is 2.19. The van der Waals surface area contributed by atoms with E-state index in [0.717, 1.165) is 18.4 Å². The highest BCUT2D eigenvalue weighted by molar-refractivity contribution is 7.89. The van der Waals surface area contributed by atoms with E-state index in [-0.39, 0.29) is 10.8 Å². The number of hydrogen-bond acceptors (Lipinski definition) is 5. The van der Waals surface area contributed by atoms with Crippen LogP contribution < -0.4 is 10.6 Å². The molecular formula is C17H21N3O4S2. The van der Waals surface area contributed by atoms with Crippen LogP contribution in [0.25, 0.3) is 6.08 Å². The summed E-state index contributed by atoms with van der Waals surface area (Å²) in [4.78, 5) is 12.1. The zero-order valence-corrected chi connectivity index (χ0v) is 15.8. The van der Waals surface area contributed by atoms with Gasteiger partial charge in [0.15, 0.2) is 5.11 Å². The monoisotopic (exact) mass is 395 g/mol. The van der Waals surface area contributed by atoms with Gasteiger partial charge in [-0.1, -0.05) is 12.1 Å². The number of hydrogen-bond donors (Lipinski definition) is 2. The molecule has 1 aromatic rings. The average molecular weight is 396 g/mol. The summed E-state index contributed by atoms with van der Waals surface area (Å²) in [6, 6.07) is 6.80. The van der Waals surface area contributed by atoms with Crippen molar-refractivity contribution in [3.63, 3.8) is 0 Å². The molecule has 1 saturated heterocycles. The standard InChI is InChI=1S/C17H21N3O4S2/c21-16(19-17(25)18-14-4-5-14)8-3-13-1-6-15(7-2-13)26(22,23)20-9-11-24-12-10-20/h1-3,6-8,14H,4-5,9-12H2,(H2,18,19,21,25). The van der Waals surface area contributed by atoms with E-state index in [9.17, 15) is 13.2 Å². The first kappa shape index (κ1) is 19.0. The maximum Gasteiger partial charge on any atom is 0.250 e. The predicted molar refractivity (Wildman–Crippen MR) is 102 cm³/mol. The van der Waals surface area contributed by atoms with Gasteiger partial charge in [0.2, 0.25) is 15.9 Å². The first-order valence-electron chi connectivity index (χ1n) is 8.43. The van der Waals surface area contributed by atoms with E-state index in [4.69, 9.17) is 17.0 Å². The molecule has 9 heteroatoms. The number of rotatable bonds is 5. The van der Waals surface area contributed by atoms with E-state index < -0.39 is 10.0 Å². The summed E-state index contributed by atoms with van der Waals surface area (Å²) in [6.45, 7) is 1.54. The zero-order chi connectivity index (χ0) is 18.6. The Kier molecular flexibility index (Phi) is 6.02. The second kappa shape index (κ2) is 8.26. The molecule has 7 nitrogen and oxygen atoms in total. The van der Waals surface area contributed by atoms with Gasteiger partial charge < -0.3 is 10.1 Å². The predicted octanol–water partition coefficient (Wildman–Crippen LogP) is 0.874. The number of amides is 1. The molecule has 1 amide bonds. The van der Waals surface area contributed by atoms with Crippen LogP contribution in [0.2, 0.25) is 0 Å². The minimum absolute atomic E-state index is 0.232. The van der Waals surface area contributed by atoms with Crippen molar-refractivity contribution < 1.29 is 17.9 Å². The molecule has 0 unspecified atom stereocenters. The first-order valence-corrected chi connectivity index (χ1v) is 10.3. The molecule has 1 heterocycles. The molecule has 0 aromatic heterocycles. The van der Waals surface area contributed by atoms with Crippen LogP contribution in [0.1, 0.15) is 18.4 Å². The first-order chi connectivity index (χ1) is 12.4. The molecule has 1 aliphatic heterocycles. The van der Waals surface area contributed by atoms with E-state index >= 15 is 0 Å². The lowest BCUT2D eigenvalue weighted by Crippen LogP contribution is -2.40. The largest absolute Gasteiger partial charge is 0.379 e. The third-order valence-electron chi connectivity index (χ3n) is 4.06. The van der Waals surface area contributed by atoms with Crippen molar-refractivity contribution in [2.24, 2.45) is 0 Å². The number of thiocarbonyl (C=S) groups is 1. The smallest absolute Gasteiger partial charge is 0.250 e. The topological polar surface area (TPSA) is 87.7 Å². The summed E-state index contributed by atoms with van der Waals surface area (Å²) >= 11 is 5.04. The van der Waals surface area contributed by atoms with Crippen molar-refractivity contribution >= 4 is 39.3 Å². The normalized spacial score (nSPS) is 18.6. The minimum Gasteiger partial charge on any atom is -0.379 e. The summed E-state index contributed by atoms with van der Waals surface area (Å²) in [7, 11) is -3.51. The van der Waals surface area contributed by atoms with E-state index in [1.165, 1.54) is 10.4 Å². The Hall–Kier alpha value is -1.81. The van der Waals surface area contributed by atoms with Gasteiger partial charge in [-0.25, -0.2) is 8.42 Å². The van der Waals surface area contributed by atoms with Crippen molar-refractivity contribution in [3.05, 3.63) is 35.9 Å². The second-order valence-electron chi connectivity index (χ2n) is 6.16. The van der Waals surface area contributed by atoms with Crippen molar-refractivity contribution in [3.8, 4) is 0 Å². The number of morpholine rings is 1. The van der Waals surface area contributed by atoms with Crippen LogP contribution in [0.4, 0.5) is 0 Å². The van der Waals surface area contributed by atoms with Crippen LogP contribution in [0.5, 0.6) is 0 Å². The average Bonchev–Trinajstić information content (AvgIpc) is 3.45. The molecule has 2 N–H and O–H groups in total. The van der Waals surface area contributed by atoms with Gasteiger partial charge in [-0.3, -0.25) is 10.1 Å². The van der Waals surface area contributed by atoms with E-state index in [0.29, 0.717) is 37.5 Å². The lowest BCUT2D eigenvalue weighted by atomic mass is 10.2. The van der Waals surface area contributed by atoms with Gasteiger partial charge in [-0.15, -0.1) is 0 Å². The van der Waals surface area contributed by atoms with E-state index in [1.807, 2.05) is 0 Å². The van der Waals surface area contributed by atoms with Gasteiger partial charge in [-0.2, -0.15) is 4.31 Å². The third kappa shape index (κ3) is 5.10. The summed E-state index contributed by atoms with van der Waals surface area (Å²) < 4.78 is 31.7. The number of ether oxygens (including phenoxy) is 1. The molecule has 1 aliphatic carbocycles. The lowest BCUT2D eigenvalue weighted by Gasteiger charge is -2.26. The van der Waals surface area contributed by atoms with E-state index in [2.05, 4.69) is 10.6 Å². The Balaban J connectivity index is 1.58. The summed E-state index contributed by atoms with van der Waals surface area (Å²) in [5.41, 5.74) is 0.724. The molecule has 1 aromatic carbocycles. The summed E-state index contributed by atoms with van der Waals surface area (Å²) in [5.74, 6) is -0.326. The van der Waals surface area contributed by atoms with Crippen molar-refractivity contribution in [1.29, 1.82) is 0 Å². The SMILES string of the molecule is O=C(C=Cc1ccc(S(=O)(=O)N2CCOCC2)cc1)NC(=S)NC1CC1. The van der Waals surface area contributed by atoms with Gasteiger partial charge >= 0.3 is 0 Å². The van der Waals surface area contributed by atoms with Crippen molar-refractivity contribution in [1.82, 2.24) is 14.9 Å². The number of benzene rings is 1. The number of carbonyl (C=O) groups is 1. The van der Waals surface area contributed by atoms with Crippen LogP contribution in [0.15, 0.2) is 35.2 Å². The third-order valence-corrected chi connectivity index (χ3v) is 6.20. The molecule has 0 spiro atoms. The van der Waals surface area contributed by atoms with Gasteiger partial charge in [-0.05, 0) is 48.8 Å². The Labute approximate surface area is 158 Å². The molecule has 0 bridgehead atoms. The van der Waals surface area contributed by atoms with Crippen molar-refractivity contribution in [2.45, 2.75) is 23.8 Å². The van der Waals surface area contributed by atoms with Crippen LogP contribution in [-0.2, 0) is 19.6 Å². The van der Waals surface area contributed by atoms with Gasteiger partial charge in [0.05, 0.1) is 18.1 Å². The Morgan fingerprint density at radius 2 is 1.85 bits per heavy atom. The quantitative estimate of drug-likeness (QED) is 0.568. The number of nitrogens with zero attached hydrogens (tertiary/aromatic N) is 1. The van der Waals surface area contributed by atoms with Crippen LogP contribution in [0, 0.1) is 0 Å². The Bertz CT molecular complexity index is 796. The molecule has 26 heavy (non-hydrogen) atoms. The van der Waals surface area contributed by atoms with Crippen LogP contribution in [0.3, 0.4) is 0 Å². The van der Waals surface area contributed by atoms with Crippen LogP contribution in [-0.4, -0.2) is 56.1 Å². The summed E-state index contributed by atoms with van der Waals surface area (Å²) in [6.07, 6.45) is 5.13. The summed E-state index contributed by atoms with van der Waals surface area (Å²) in [5, 5.41) is 5.93. The molecule has 0 atom stereocenters. The fourth-order valence-corrected chi connectivity index (χ4v) is 4.14. The molecule has 2 aliphatic rings.